The Labute approximate surface area is 93.1 Å². The maximum absolute atomic E-state index is 11.9. The van der Waals surface area contributed by atoms with Crippen molar-refractivity contribution in [3.05, 3.63) is 41.2 Å². The molecule has 0 N–H and O–H groups in total. The Hall–Kier alpha value is -2.04. The lowest BCUT2D eigenvalue weighted by Crippen LogP contribution is -2.07. The Morgan fingerprint density at radius 3 is 2.75 bits per heavy atom. The van der Waals surface area contributed by atoms with Crippen molar-refractivity contribution in [2.75, 3.05) is 0 Å². The Balaban J connectivity index is 2.18. The number of carbonyl (C=O) groups excluding carboxylic acids is 1. The van der Waals surface area contributed by atoms with E-state index in [1.807, 2.05) is 31.2 Å². The number of benzene rings is 1. The van der Waals surface area contributed by atoms with Crippen LogP contribution in [0.2, 0.25) is 0 Å². The molecule has 5 heteroatoms. The van der Waals surface area contributed by atoms with Crippen LogP contribution in [0, 0.1) is 6.92 Å². The summed E-state index contributed by atoms with van der Waals surface area (Å²) in [7, 11) is 1.68. The summed E-state index contributed by atoms with van der Waals surface area (Å²) in [6.45, 7) is 1.91. The second-order valence-corrected chi connectivity index (χ2v) is 3.61. The molecule has 0 spiro atoms. The van der Waals surface area contributed by atoms with Crippen LogP contribution in [-0.4, -0.2) is 26.0 Å². The number of aromatic nitrogens is 4. The van der Waals surface area contributed by atoms with Crippen LogP contribution in [-0.2, 0) is 13.5 Å². The van der Waals surface area contributed by atoms with Gasteiger partial charge in [0, 0.05) is 5.56 Å². The number of aryl methyl sites for hydroxylation is 2. The Kier molecular flexibility index (Phi) is 2.76. The number of nitrogens with zero attached hydrogens (tertiary/aromatic N) is 4. The number of hydrogen-bond acceptors (Lipinski definition) is 4. The molecule has 82 valence electrons. The number of ketones is 1. The van der Waals surface area contributed by atoms with Crippen LogP contribution < -0.4 is 0 Å². The molecule has 16 heavy (non-hydrogen) atoms. The van der Waals surface area contributed by atoms with Gasteiger partial charge in [-0.2, -0.15) is 4.80 Å². The van der Waals surface area contributed by atoms with Crippen molar-refractivity contribution in [3.8, 4) is 0 Å². The van der Waals surface area contributed by atoms with Crippen molar-refractivity contribution in [3.63, 3.8) is 0 Å². The average Bonchev–Trinajstić information content (AvgIpc) is 2.64. The summed E-state index contributed by atoms with van der Waals surface area (Å²) in [4.78, 5) is 13.3. The molecule has 0 bridgehead atoms. The molecule has 0 amide bonds. The highest BCUT2D eigenvalue weighted by molar-refractivity contribution is 5.98. The topological polar surface area (TPSA) is 60.7 Å². The van der Waals surface area contributed by atoms with E-state index in [0.717, 1.165) is 11.1 Å². The average molecular weight is 216 g/mol. The van der Waals surface area contributed by atoms with Crippen LogP contribution in [0.15, 0.2) is 24.3 Å². The zero-order chi connectivity index (χ0) is 11.5. The van der Waals surface area contributed by atoms with Crippen molar-refractivity contribution >= 4 is 5.78 Å². The van der Waals surface area contributed by atoms with Crippen LogP contribution in [0.3, 0.4) is 0 Å². The number of carbonyl (C=O) groups is 1. The molecule has 0 saturated carbocycles. The minimum absolute atomic E-state index is 0.0195. The molecule has 0 aliphatic rings. The summed E-state index contributed by atoms with van der Waals surface area (Å²) < 4.78 is 0. The normalized spacial score (nSPS) is 10.4. The van der Waals surface area contributed by atoms with Crippen LogP contribution in [0.25, 0.3) is 0 Å². The van der Waals surface area contributed by atoms with Crippen LogP contribution in [0.4, 0.5) is 0 Å². The van der Waals surface area contributed by atoms with E-state index < -0.39 is 0 Å². The highest BCUT2D eigenvalue weighted by atomic mass is 16.1. The molecule has 1 aromatic carbocycles. The Morgan fingerprint density at radius 1 is 1.38 bits per heavy atom. The second kappa shape index (κ2) is 4.22. The van der Waals surface area contributed by atoms with E-state index >= 15 is 0 Å². The van der Waals surface area contributed by atoms with Gasteiger partial charge in [-0.3, -0.25) is 4.79 Å². The quantitative estimate of drug-likeness (QED) is 0.716. The van der Waals surface area contributed by atoms with Gasteiger partial charge < -0.3 is 0 Å². The number of rotatable bonds is 3. The van der Waals surface area contributed by atoms with Crippen molar-refractivity contribution in [1.82, 2.24) is 20.2 Å². The van der Waals surface area contributed by atoms with Gasteiger partial charge in [-0.15, -0.1) is 10.2 Å². The third-order valence-electron chi connectivity index (χ3n) is 2.31. The SMILES string of the molecule is Cc1ccccc1C(=O)Cc1nnn(C)n1. The summed E-state index contributed by atoms with van der Waals surface area (Å²) >= 11 is 0. The first-order chi connectivity index (χ1) is 7.66. The van der Waals surface area contributed by atoms with Gasteiger partial charge in [0.1, 0.15) is 0 Å². The third-order valence-corrected chi connectivity index (χ3v) is 2.31. The molecular formula is C11H12N4O. The third kappa shape index (κ3) is 2.13. The monoisotopic (exact) mass is 216 g/mol. The zero-order valence-corrected chi connectivity index (χ0v) is 9.21. The molecular weight excluding hydrogens is 204 g/mol. The summed E-state index contributed by atoms with van der Waals surface area (Å²) in [6.07, 6.45) is 0.193. The standard InChI is InChI=1S/C11H12N4O/c1-8-5-3-4-6-9(8)10(16)7-11-12-14-15(2)13-11/h3-6H,7H2,1-2H3. The largest absolute Gasteiger partial charge is 0.294 e. The first-order valence-corrected chi connectivity index (χ1v) is 4.98. The van der Waals surface area contributed by atoms with Crippen molar-refractivity contribution < 1.29 is 4.79 Å². The van der Waals surface area contributed by atoms with Crippen molar-refractivity contribution in [2.45, 2.75) is 13.3 Å². The summed E-state index contributed by atoms with van der Waals surface area (Å²) in [5.74, 6) is 0.474. The Bertz CT molecular complexity index is 518. The fraction of sp³-hybridized carbons (Fsp3) is 0.273. The summed E-state index contributed by atoms with van der Waals surface area (Å²) in [5, 5.41) is 11.5. The molecule has 5 nitrogen and oxygen atoms in total. The minimum Gasteiger partial charge on any atom is -0.294 e. The zero-order valence-electron chi connectivity index (χ0n) is 9.21. The highest BCUT2D eigenvalue weighted by Gasteiger charge is 2.12. The Morgan fingerprint density at radius 2 is 2.12 bits per heavy atom. The van der Waals surface area contributed by atoms with E-state index in [1.54, 1.807) is 7.05 Å². The smallest absolute Gasteiger partial charge is 0.182 e. The van der Waals surface area contributed by atoms with Crippen LogP contribution in [0.5, 0.6) is 0 Å². The van der Waals surface area contributed by atoms with Gasteiger partial charge in [0.2, 0.25) is 0 Å². The molecule has 0 atom stereocenters. The van der Waals surface area contributed by atoms with Gasteiger partial charge in [0.15, 0.2) is 11.6 Å². The number of hydrogen-bond donors (Lipinski definition) is 0. The van der Waals surface area contributed by atoms with Crippen LogP contribution in [0.1, 0.15) is 21.7 Å². The summed E-state index contributed by atoms with van der Waals surface area (Å²) in [5.41, 5.74) is 1.69. The van der Waals surface area contributed by atoms with E-state index in [1.165, 1.54) is 4.80 Å². The van der Waals surface area contributed by atoms with E-state index in [-0.39, 0.29) is 12.2 Å². The molecule has 0 fully saturated rings. The fourth-order valence-corrected chi connectivity index (χ4v) is 1.52. The molecule has 1 aromatic heterocycles. The maximum Gasteiger partial charge on any atom is 0.182 e. The summed E-state index contributed by atoms with van der Waals surface area (Å²) in [6, 6.07) is 7.49. The fourth-order valence-electron chi connectivity index (χ4n) is 1.52. The molecule has 0 radical (unpaired) electrons. The molecule has 0 aliphatic carbocycles. The van der Waals surface area contributed by atoms with Crippen molar-refractivity contribution in [2.24, 2.45) is 7.05 Å². The first kappa shape index (κ1) is 10.5. The molecule has 2 aromatic rings. The van der Waals surface area contributed by atoms with E-state index in [2.05, 4.69) is 15.4 Å². The molecule has 2 rings (SSSR count). The van der Waals surface area contributed by atoms with Gasteiger partial charge in [-0.05, 0) is 17.7 Å². The lowest BCUT2D eigenvalue weighted by atomic mass is 10.0. The minimum atomic E-state index is 0.0195. The van der Waals surface area contributed by atoms with Crippen LogP contribution >= 0.6 is 0 Å². The van der Waals surface area contributed by atoms with Gasteiger partial charge >= 0.3 is 0 Å². The number of Topliss-reactive ketones (excluding diaryl/α,β-unsaturated/α-hetero) is 1. The van der Waals surface area contributed by atoms with E-state index in [0.29, 0.717) is 5.82 Å². The van der Waals surface area contributed by atoms with Crippen molar-refractivity contribution in [1.29, 1.82) is 0 Å². The lowest BCUT2D eigenvalue weighted by Gasteiger charge is -2.01. The number of tetrazole rings is 1. The lowest BCUT2D eigenvalue weighted by molar-refractivity contribution is 0.0990. The van der Waals surface area contributed by atoms with E-state index in [4.69, 9.17) is 0 Å². The highest BCUT2D eigenvalue weighted by Crippen LogP contribution is 2.09. The maximum atomic E-state index is 11.9. The molecule has 1 heterocycles. The molecule has 0 unspecified atom stereocenters. The van der Waals surface area contributed by atoms with E-state index in [9.17, 15) is 4.79 Å². The molecule has 0 aliphatic heterocycles. The van der Waals surface area contributed by atoms with Gasteiger partial charge in [-0.25, -0.2) is 0 Å². The second-order valence-electron chi connectivity index (χ2n) is 3.61. The predicted molar refractivity (Wildman–Crippen MR) is 58.0 cm³/mol. The molecule has 0 saturated heterocycles. The van der Waals surface area contributed by atoms with Gasteiger partial charge in [-0.1, -0.05) is 24.3 Å². The first-order valence-electron chi connectivity index (χ1n) is 4.98. The van der Waals surface area contributed by atoms with Gasteiger partial charge in [0.05, 0.1) is 13.5 Å². The predicted octanol–water partition coefficient (Wildman–Crippen LogP) is 0.944. The van der Waals surface area contributed by atoms with Gasteiger partial charge in [0.25, 0.3) is 0 Å².